The van der Waals surface area contributed by atoms with Crippen LogP contribution in [0.3, 0.4) is 0 Å². The summed E-state index contributed by atoms with van der Waals surface area (Å²) in [5, 5.41) is 3.13. The van der Waals surface area contributed by atoms with Gasteiger partial charge in [-0.1, -0.05) is 11.3 Å². The molecule has 0 atom stereocenters. The maximum atomic E-state index is 11.9. The molecule has 0 saturated carbocycles. The van der Waals surface area contributed by atoms with Crippen LogP contribution in [0.2, 0.25) is 0 Å². The molecule has 1 aromatic carbocycles. The highest BCUT2D eigenvalue weighted by Crippen LogP contribution is 2.28. The standard InChI is InChI=1S/C13H12N4O3S2/c1-22(19,20)9-2-3-10-11(5-9)21-13(16-10)17-12(18)4-8-6-14-7-15-8/h2-3,5-7H,4H2,1H3,(H,14,15)(H,16,17,18). The van der Waals surface area contributed by atoms with Crippen molar-refractivity contribution in [3.05, 3.63) is 36.4 Å². The molecule has 2 heterocycles. The molecule has 0 unspecified atom stereocenters. The molecular formula is C13H12N4O3S2. The van der Waals surface area contributed by atoms with Gasteiger partial charge in [0.15, 0.2) is 15.0 Å². The first-order valence-electron chi connectivity index (χ1n) is 6.29. The van der Waals surface area contributed by atoms with Crippen LogP contribution < -0.4 is 5.32 Å². The van der Waals surface area contributed by atoms with Gasteiger partial charge in [-0.2, -0.15) is 0 Å². The third-order valence-electron chi connectivity index (χ3n) is 2.94. The molecule has 114 valence electrons. The third kappa shape index (κ3) is 3.15. The smallest absolute Gasteiger partial charge is 0.232 e. The van der Waals surface area contributed by atoms with Crippen molar-refractivity contribution in [3.8, 4) is 0 Å². The molecule has 22 heavy (non-hydrogen) atoms. The van der Waals surface area contributed by atoms with Crippen molar-refractivity contribution in [2.45, 2.75) is 11.3 Å². The summed E-state index contributed by atoms with van der Waals surface area (Å²) in [6, 6.07) is 4.70. The van der Waals surface area contributed by atoms with Gasteiger partial charge in [0.05, 0.1) is 27.9 Å². The SMILES string of the molecule is CS(=O)(=O)c1ccc2nc(NC(=O)Cc3cnc[nH]3)sc2c1. The average molecular weight is 336 g/mol. The molecule has 0 bridgehead atoms. The van der Waals surface area contributed by atoms with Crippen LogP contribution in [0.4, 0.5) is 5.13 Å². The lowest BCUT2D eigenvalue weighted by Gasteiger charge is -1.98. The summed E-state index contributed by atoms with van der Waals surface area (Å²) in [5.41, 5.74) is 1.35. The van der Waals surface area contributed by atoms with Gasteiger partial charge in [-0.05, 0) is 18.2 Å². The number of carbonyl (C=O) groups is 1. The van der Waals surface area contributed by atoms with E-state index in [1.165, 1.54) is 23.7 Å². The van der Waals surface area contributed by atoms with Crippen LogP contribution in [0.5, 0.6) is 0 Å². The number of nitrogens with one attached hydrogen (secondary N) is 2. The predicted octanol–water partition coefficient (Wildman–Crippen LogP) is 1.60. The van der Waals surface area contributed by atoms with Crippen molar-refractivity contribution in [2.75, 3.05) is 11.6 Å². The van der Waals surface area contributed by atoms with Crippen LogP contribution in [0.25, 0.3) is 10.2 Å². The second-order valence-corrected chi connectivity index (χ2v) is 7.77. The molecule has 0 aliphatic rings. The number of hydrogen-bond donors (Lipinski definition) is 2. The van der Waals surface area contributed by atoms with E-state index >= 15 is 0 Å². The Morgan fingerprint density at radius 2 is 2.23 bits per heavy atom. The van der Waals surface area contributed by atoms with Gasteiger partial charge in [0, 0.05) is 18.1 Å². The fourth-order valence-corrected chi connectivity index (χ4v) is 3.55. The number of aromatic amines is 1. The number of thiazole rings is 1. The summed E-state index contributed by atoms with van der Waals surface area (Å²) in [6.45, 7) is 0. The Morgan fingerprint density at radius 3 is 2.91 bits per heavy atom. The van der Waals surface area contributed by atoms with Gasteiger partial charge in [-0.3, -0.25) is 4.79 Å². The normalized spacial score (nSPS) is 11.7. The summed E-state index contributed by atoms with van der Waals surface area (Å²) in [7, 11) is -3.26. The number of fused-ring (bicyclic) bond motifs is 1. The van der Waals surface area contributed by atoms with E-state index in [0.717, 1.165) is 6.26 Å². The molecule has 3 rings (SSSR count). The molecule has 1 amide bonds. The maximum absolute atomic E-state index is 11.9. The fraction of sp³-hybridized carbons (Fsp3) is 0.154. The largest absolute Gasteiger partial charge is 0.348 e. The van der Waals surface area contributed by atoms with Gasteiger partial charge in [-0.25, -0.2) is 18.4 Å². The summed E-state index contributed by atoms with van der Waals surface area (Å²) < 4.78 is 23.8. The second kappa shape index (κ2) is 5.50. The summed E-state index contributed by atoms with van der Waals surface area (Å²) in [6.07, 6.45) is 4.41. The molecule has 9 heteroatoms. The number of anilines is 1. The number of rotatable bonds is 4. The Balaban J connectivity index is 1.81. The molecule has 0 fully saturated rings. The van der Waals surface area contributed by atoms with Gasteiger partial charge < -0.3 is 10.3 Å². The van der Waals surface area contributed by atoms with E-state index in [4.69, 9.17) is 0 Å². The van der Waals surface area contributed by atoms with E-state index in [1.807, 2.05) is 0 Å². The molecule has 0 aliphatic heterocycles. The van der Waals surface area contributed by atoms with E-state index in [1.54, 1.807) is 18.3 Å². The van der Waals surface area contributed by atoms with Crippen molar-refractivity contribution in [3.63, 3.8) is 0 Å². The average Bonchev–Trinajstić information content (AvgIpc) is 3.04. The Bertz CT molecular complexity index is 930. The highest BCUT2D eigenvalue weighted by Gasteiger charge is 2.12. The molecule has 3 aromatic rings. The Labute approximate surface area is 130 Å². The molecule has 0 saturated heterocycles. The van der Waals surface area contributed by atoms with Gasteiger partial charge in [0.2, 0.25) is 5.91 Å². The number of imidazole rings is 1. The number of nitrogens with zero attached hydrogens (tertiary/aromatic N) is 2. The molecule has 2 N–H and O–H groups in total. The van der Waals surface area contributed by atoms with Crippen LogP contribution in [-0.4, -0.2) is 35.5 Å². The number of amides is 1. The van der Waals surface area contributed by atoms with Crippen molar-refractivity contribution < 1.29 is 13.2 Å². The first-order valence-corrected chi connectivity index (χ1v) is 9.00. The van der Waals surface area contributed by atoms with Crippen LogP contribution in [-0.2, 0) is 21.1 Å². The predicted molar refractivity (Wildman–Crippen MR) is 83.7 cm³/mol. The number of sulfone groups is 1. The van der Waals surface area contributed by atoms with Gasteiger partial charge in [0.1, 0.15) is 0 Å². The van der Waals surface area contributed by atoms with Crippen LogP contribution in [0, 0.1) is 0 Å². The van der Waals surface area contributed by atoms with Crippen molar-refractivity contribution in [1.82, 2.24) is 15.0 Å². The van der Waals surface area contributed by atoms with Crippen LogP contribution in [0.1, 0.15) is 5.69 Å². The van der Waals surface area contributed by atoms with E-state index in [-0.39, 0.29) is 17.2 Å². The topological polar surface area (TPSA) is 105 Å². The van der Waals surface area contributed by atoms with E-state index in [0.29, 0.717) is 21.0 Å². The van der Waals surface area contributed by atoms with Gasteiger partial charge in [-0.15, -0.1) is 0 Å². The summed E-state index contributed by atoms with van der Waals surface area (Å²) >= 11 is 1.24. The van der Waals surface area contributed by atoms with Crippen molar-refractivity contribution in [1.29, 1.82) is 0 Å². The van der Waals surface area contributed by atoms with Crippen LogP contribution >= 0.6 is 11.3 Å². The van der Waals surface area contributed by atoms with Gasteiger partial charge >= 0.3 is 0 Å². The minimum Gasteiger partial charge on any atom is -0.348 e. The highest BCUT2D eigenvalue weighted by molar-refractivity contribution is 7.90. The lowest BCUT2D eigenvalue weighted by molar-refractivity contribution is -0.115. The first-order chi connectivity index (χ1) is 10.4. The number of H-pyrrole nitrogens is 1. The lowest BCUT2D eigenvalue weighted by atomic mass is 10.3. The monoisotopic (exact) mass is 336 g/mol. The number of carbonyl (C=O) groups excluding carboxylic acids is 1. The Hall–Kier alpha value is -2.26. The zero-order chi connectivity index (χ0) is 15.7. The zero-order valence-corrected chi connectivity index (χ0v) is 13.2. The molecule has 0 aliphatic carbocycles. The maximum Gasteiger partial charge on any atom is 0.232 e. The van der Waals surface area contributed by atoms with Crippen molar-refractivity contribution >= 4 is 42.4 Å². The third-order valence-corrected chi connectivity index (χ3v) is 4.98. The molecule has 7 nitrogen and oxygen atoms in total. The van der Waals surface area contributed by atoms with E-state index in [9.17, 15) is 13.2 Å². The van der Waals surface area contributed by atoms with Crippen molar-refractivity contribution in [2.24, 2.45) is 0 Å². The van der Waals surface area contributed by atoms with Gasteiger partial charge in [0.25, 0.3) is 0 Å². The van der Waals surface area contributed by atoms with Crippen LogP contribution in [0.15, 0.2) is 35.6 Å². The zero-order valence-electron chi connectivity index (χ0n) is 11.5. The van der Waals surface area contributed by atoms with E-state index in [2.05, 4.69) is 20.3 Å². The minimum absolute atomic E-state index is 0.171. The Morgan fingerprint density at radius 1 is 1.41 bits per heavy atom. The Kier molecular flexibility index (Phi) is 3.67. The number of hydrogen-bond acceptors (Lipinski definition) is 6. The minimum atomic E-state index is -3.26. The summed E-state index contributed by atoms with van der Waals surface area (Å²) in [4.78, 5) is 23.1. The second-order valence-electron chi connectivity index (χ2n) is 4.72. The highest BCUT2D eigenvalue weighted by atomic mass is 32.2. The summed E-state index contributed by atoms with van der Waals surface area (Å²) in [5.74, 6) is -0.216. The molecular weight excluding hydrogens is 324 g/mol. The quantitative estimate of drug-likeness (QED) is 0.753. The van der Waals surface area contributed by atoms with E-state index < -0.39 is 9.84 Å². The molecule has 0 radical (unpaired) electrons. The fourth-order valence-electron chi connectivity index (χ4n) is 1.91. The lowest BCUT2D eigenvalue weighted by Crippen LogP contribution is -2.14. The molecule has 0 spiro atoms. The number of aromatic nitrogens is 3. The number of benzene rings is 1. The first kappa shape index (κ1) is 14.7. The molecule has 2 aromatic heterocycles.